The maximum absolute atomic E-state index is 12.1. The second-order valence-corrected chi connectivity index (χ2v) is 7.29. The number of nitrogens with zero attached hydrogens (tertiary/aromatic N) is 1. The first kappa shape index (κ1) is 18.6. The van der Waals surface area contributed by atoms with E-state index in [4.69, 9.17) is 5.11 Å². The Morgan fingerprint density at radius 3 is 2.22 bits per heavy atom. The highest BCUT2D eigenvalue weighted by Crippen LogP contribution is 2.21. The summed E-state index contributed by atoms with van der Waals surface area (Å²) < 4.78 is 23.1. The van der Waals surface area contributed by atoms with Crippen LogP contribution in [0.4, 0.5) is 5.69 Å². The predicted molar refractivity (Wildman–Crippen MR) is 79.9 cm³/mol. The maximum atomic E-state index is 12.1. The zero-order valence-corrected chi connectivity index (χ0v) is 13.5. The van der Waals surface area contributed by atoms with E-state index in [0.29, 0.717) is 0 Å². The summed E-state index contributed by atoms with van der Waals surface area (Å²) in [5.41, 5.74) is -0.874. The van der Waals surface area contributed by atoms with E-state index in [1.165, 1.54) is 0 Å². The fourth-order valence-electron chi connectivity index (χ4n) is 1.77. The van der Waals surface area contributed by atoms with Crippen LogP contribution in [0.25, 0.3) is 0 Å². The molecule has 0 aromatic heterocycles. The van der Waals surface area contributed by atoms with Crippen LogP contribution in [0.1, 0.15) is 24.2 Å². The number of nitro groups is 1. The Labute approximate surface area is 132 Å². The van der Waals surface area contributed by atoms with Gasteiger partial charge in [0.1, 0.15) is 6.04 Å². The highest BCUT2D eigenvalue weighted by Gasteiger charge is 2.26. The van der Waals surface area contributed by atoms with Gasteiger partial charge in [-0.2, -0.15) is 0 Å². The van der Waals surface area contributed by atoms with Gasteiger partial charge in [-0.25, -0.2) is 13.2 Å². The molecule has 0 saturated carbocycles. The Morgan fingerprint density at radius 1 is 1.26 bits per heavy atom. The zero-order chi connectivity index (χ0) is 17.9. The molecule has 1 aromatic carbocycles. The third kappa shape index (κ3) is 4.74. The lowest BCUT2D eigenvalue weighted by molar-refractivity contribution is -0.385. The van der Waals surface area contributed by atoms with Crippen LogP contribution in [0.2, 0.25) is 0 Å². The molecule has 1 amide bonds. The molecule has 10 heteroatoms. The van der Waals surface area contributed by atoms with Crippen LogP contribution in [-0.2, 0) is 14.6 Å². The number of carboxylic acids is 1. The van der Waals surface area contributed by atoms with Gasteiger partial charge in [-0.05, 0) is 12.0 Å². The number of aliphatic carboxylic acids is 1. The molecular weight excluding hydrogens is 328 g/mol. The van der Waals surface area contributed by atoms with Gasteiger partial charge in [0, 0.05) is 24.0 Å². The van der Waals surface area contributed by atoms with Crippen molar-refractivity contribution in [3.8, 4) is 0 Å². The number of carbonyl (C=O) groups excluding carboxylic acids is 1. The number of carbonyl (C=O) groups is 2. The number of carboxylic acid groups (broad SMARTS) is 1. The van der Waals surface area contributed by atoms with E-state index in [9.17, 15) is 28.1 Å². The van der Waals surface area contributed by atoms with E-state index < -0.39 is 49.2 Å². The second-order valence-electron chi connectivity index (χ2n) is 5.28. The zero-order valence-electron chi connectivity index (χ0n) is 12.6. The van der Waals surface area contributed by atoms with Crippen molar-refractivity contribution in [2.24, 2.45) is 5.92 Å². The number of hydrogen-bond acceptors (Lipinski definition) is 6. The molecule has 2 N–H and O–H groups in total. The third-order valence-corrected chi connectivity index (χ3v) is 4.10. The minimum atomic E-state index is -3.78. The molecule has 0 aliphatic carbocycles. The van der Waals surface area contributed by atoms with Gasteiger partial charge < -0.3 is 10.4 Å². The molecule has 1 rings (SSSR count). The Bertz CT molecular complexity index is 756. The summed E-state index contributed by atoms with van der Waals surface area (Å²) in [7, 11) is -3.78. The molecule has 0 spiro atoms. The summed E-state index contributed by atoms with van der Waals surface area (Å²) in [4.78, 5) is 32.9. The molecular formula is C13H16N2O7S. The van der Waals surface area contributed by atoms with Gasteiger partial charge in [-0.15, -0.1) is 0 Å². The Balaban J connectivity index is 3.31. The van der Waals surface area contributed by atoms with E-state index in [1.807, 2.05) is 0 Å². The molecule has 126 valence electrons. The number of benzene rings is 1. The summed E-state index contributed by atoms with van der Waals surface area (Å²) in [6, 6.07) is 1.49. The van der Waals surface area contributed by atoms with Crippen LogP contribution in [0, 0.1) is 16.0 Å². The van der Waals surface area contributed by atoms with Crippen molar-refractivity contribution in [1.29, 1.82) is 0 Å². The molecule has 0 aliphatic heterocycles. The molecule has 23 heavy (non-hydrogen) atoms. The predicted octanol–water partition coefficient (Wildman–Crippen LogP) is 0.837. The van der Waals surface area contributed by atoms with Crippen molar-refractivity contribution in [1.82, 2.24) is 5.32 Å². The number of hydrogen-bond donors (Lipinski definition) is 2. The monoisotopic (exact) mass is 344 g/mol. The number of amides is 1. The van der Waals surface area contributed by atoms with Crippen LogP contribution >= 0.6 is 0 Å². The number of sulfone groups is 1. The van der Waals surface area contributed by atoms with Crippen LogP contribution in [0.3, 0.4) is 0 Å². The lowest BCUT2D eigenvalue weighted by Crippen LogP contribution is -2.44. The average molecular weight is 344 g/mol. The van der Waals surface area contributed by atoms with Crippen LogP contribution in [-0.4, -0.2) is 42.6 Å². The summed E-state index contributed by atoms with van der Waals surface area (Å²) in [5.74, 6) is -2.59. The first-order valence-electron chi connectivity index (χ1n) is 6.46. The van der Waals surface area contributed by atoms with Gasteiger partial charge in [0.2, 0.25) is 0 Å². The van der Waals surface area contributed by atoms with E-state index in [0.717, 1.165) is 24.5 Å². The molecule has 9 nitrogen and oxygen atoms in total. The number of non-ortho nitro benzene ring substituents is 1. The number of nitrogens with one attached hydrogen (secondary N) is 1. The maximum Gasteiger partial charge on any atom is 0.326 e. The second kappa shape index (κ2) is 6.73. The van der Waals surface area contributed by atoms with Crippen molar-refractivity contribution in [3.05, 3.63) is 33.9 Å². The van der Waals surface area contributed by atoms with Gasteiger partial charge in [0.25, 0.3) is 11.6 Å². The molecule has 1 aromatic rings. The van der Waals surface area contributed by atoms with Gasteiger partial charge >= 0.3 is 5.97 Å². The molecule has 0 heterocycles. The normalized spacial score (nSPS) is 12.7. The fourth-order valence-corrected chi connectivity index (χ4v) is 2.45. The smallest absolute Gasteiger partial charge is 0.326 e. The van der Waals surface area contributed by atoms with Gasteiger partial charge in [-0.1, -0.05) is 13.8 Å². The number of nitro benzene ring substituents is 1. The topological polar surface area (TPSA) is 144 Å². The Hall–Kier alpha value is -2.49. The Kier molecular flexibility index (Phi) is 5.43. The summed E-state index contributed by atoms with van der Waals surface area (Å²) in [6.45, 7) is 3.16. The molecule has 1 atom stereocenters. The number of rotatable bonds is 6. The molecule has 0 aliphatic rings. The largest absolute Gasteiger partial charge is 0.480 e. The lowest BCUT2D eigenvalue weighted by atomic mass is 10.0. The van der Waals surface area contributed by atoms with Crippen molar-refractivity contribution >= 4 is 27.4 Å². The average Bonchev–Trinajstić information content (AvgIpc) is 2.42. The molecule has 0 radical (unpaired) electrons. The van der Waals surface area contributed by atoms with E-state index in [1.54, 1.807) is 13.8 Å². The van der Waals surface area contributed by atoms with Crippen molar-refractivity contribution in [2.75, 3.05) is 6.26 Å². The van der Waals surface area contributed by atoms with Crippen LogP contribution < -0.4 is 5.32 Å². The summed E-state index contributed by atoms with van der Waals surface area (Å²) in [5, 5.41) is 22.1. The van der Waals surface area contributed by atoms with Gasteiger partial charge in [0.05, 0.1) is 9.82 Å². The molecule has 0 fully saturated rings. The summed E-state index contributed by atoms with van der Waals surface area (Å²) in [6.07, 6.45) is 0.849. The SMILES string of the molecule is CC(C)[C@@H](NC(=O)c1cc([N+](=O)[O-])cc(S(C)(=O)=O)c1)C(=O)O. The quantitative estimate of drug-likeness (QED) is 0.574. The minimum Gasteiger partial charge on any atom is -0.480 e. The van der Waals surface area contributed by atoms with Crippen molar-refractivity contribution in [2.45, 2.75) is 24.8 Å². The van der Waals surface area contributed by atoms with Crippen LogP contribution in [0.5, 0.6) is 0 Å². The third-order valence-electron chi connectivity index (χ3n) is 3.01. The van der Waals surface area contributed by atoms with Crippen molar-refractivity contribution in [3.63, 3.8) is 0 Å². The van der Waals surface area contributed by atoms with E-state index in [-0.39, 0.29) is 5.56 Å². The fraction of sp³-hybridized carbons (Fsp3) is 0.385. The molecule has 0 saturated heterocycles. The van der Waals surface area contributed by atoms with Crippen molar-refractivity contribution < 1.29 is 28.0 Å². The molecule has 0 bridgehead atoms. The Morgan fingerprint density at radius 2 is 1.83 bits per heavy atom. The first-order valence-corrected chi connectivity index (χ1v) is 8.36. The highest BCUT2D eigenvalue weighted by molar-refractivity contribution is 7.90. The lowest BCUT2D eigenvalue weighted by Gasteiger charge is -2.18. The summed E-state index contributed by atoms with van der Waals surface area (Å²) >= 11 is 0. The van der Waals surface area contributed by atoms with Crippen LogP contribution in [0.15, 0.2) is 23.1 Å². The van der Waals surface area contributed by atoms with E-state index in [2.05, 4.69) is 5.32 Å². The standard InChI is InChI=1S/C13H16N2O7S/c1-7(2)11(13(17)18)14-12(16)8-4-9(15(19)20)6-10(5-8)23(3,21)22/h4-7,11H,1-3H3,(H,14,16)(H,17,18)/t11-/m1/s1. The van der Waals surface area contributed by atoms with Gasteiger partial charge in [-0.3, -0.25) is 14.9 Å². The van der Waals surface area contributed by atoms with E-state index >= 15 is 0 Å². The first-order chi connectivity index (χ1) is 10.4. The van der Waals surface area contributed by atoms with Gasteiger partial charge in [0.15, 0.2) is 9.84 Å². The minimum absolute atomic E-state index is 0.300. The molecule has 0 unspecified atom stereocenters. The highest BCUT2D eigenvalue weighted by atomic mass is 32.2.